The summed E-state index contributed by atoms with van der Waals surface area (Å²) in [6.07, 6.45) is 1.01. The normalized spacial score (nSPS) is 19.5. The Kier molecular flexibility index (Phi) is 5.21. The Morgan fingerprint density at radius 1 is 1.46 bits per heavy atom. The Labute approximate surface area is 150 Å². The number of carbonyl (C=O) groups is 2. The maximum absolute atomic E-state index is 12.2. The number of ether oxygens (including phenoxy) is 2. The second-order valence-corrected chi connectivity index (χ2v) is 6.39. The number of amides is 2. The average molecular weight is 362 g/mol. The van der Waals surface area contributed by atoms with Crippen LogP contribution in [0.2, 0.25) is 0 Å². The van der Waals surface area contributed by atoms with Crippen molar-refractivity contribution in [2.24, 2.45) is 7.05 Å². The predicted octanol–water partition coefficient (Wildman–Crippen LogP) is 1.36. The molecule has 0 bridgehead atoms. The standard InChI is InChI=1S/C16H22N6O4/c1-9(2)18-16(24)26-10-6-13(25-8-10)11-7-14(21-20-11)19-15(23)12-4-5-17-22(12)3/h4-5,7,9-10,13H,6,8H2,1-3H3,(H,18,24)(H2,19,20,21,23)/t10-,13-/m0/s1. The summed E-state index contributed by atoms with van der Waals surface area (Å²) in [5, 5.41) is 16.3. The molecule has 0 spiro atoms. The van der Waals surface area contributed by atoms with Gasteiger partial charge in [0.25, 0.3) is 5.91 Å². The van der Waals surface area contributed by atoms with Crippen LogP contribution in [0.4, 0.5) is 10.6 Å². The third kappa shape index (κ3) is 4.20. The fraction of sp³-hybridized carbons (Fsp3) is 0.500. The van der Waals surface area contributed by atoms with Crippen molar-refractivity contribution in [3.8, 4) is 0 Å². The van der Waals surface area contributed by atoms with Gasteiger partial charge in [-0.25, -0.2) is 4.79 Å². The summed E-state index contributed by atoms with van der Waals surface area (Å²) in [6.45, 7) is 4.04. The van der Waals surface area contributed by atoms with Crippen LogP contribution in [0.1, 0.15) is 42.6 Å². The van der Waals surface area contributed by atoms with E-state index in [9.17, 15) is 9.59 Å². The maximum Gasteiger partial charge on any atom is 0.407 e. The molecule has 3 N–H and O–H groups in total. The highest BCUT2D eigenvalue weighted by Gasteiger charge is 2.31. The molecule has 1 saturated heterocycles. The number of rotatable bonds is 5. The number of H-pyrrole nitrogens is 1. The van der Waals surface area contributed by atoms with Gasteiger partial charge in [-0.15, -0.1) is 0 Å². The molecule has 2 amide bonds. The Bertz CT molecular complexity index is 783. The first-order valence-corrected chi connectivity index (χ1v) is 8.35. The van der Waals surface area contributed by atoms with Gasteiger partial charge in [-0.05, 0) is 19.9 Å². The molecular formula is C16H22N6O4. The molecule has 1 aliphatic heterocycles. The molecule has 0 radical (unpaired) electrons. The Hall–Kier alpha value is -2.88. The zero-order valence-corrected chi connectivity index (χ0v) is 14.9. The number of aromatic nitrogens is 4. The van der Waals surface area contributed by atoms with E-state index in [1.807, 2.05) is 13.8 Å². The van der Waals surface area contributed by atoms with Gasteiger partial charge in [0.1, 0.15) is 17.9 Å². The molecule has 140 valence electrons. The summed E-state index contributed by atoms with van der Waals surface area (Å²) in [5.41, 5.74) is 1.14. The summed E-state index contributed by atoms with van der Waals surface area (Å²) in [6, 6.07) is 3.33. The minimum Gasteiger partial charge on any atom is -0.444 e. The van der Waals surface area contributed by atoms with E-state index in [4.69, 9.17) is 9.47 Å². The molecular weight excluding hydrogens is 340 g/mol. The highest BCUT2D eigenvalue weighted by atomic mass is 16.6. The number of aryl methyl sites for hydroxylation is 1. The van der Waals surface area contributed by atoms with Crippen LogP contribution in [-0.2, 0) is 16.5 Å². The van der Waals surface area contributed by atoms with Crippen molar-refractivity contribution < 1.29 is 19.1 Å². The van der Waals surface area contributed by atoms with Crippen LogP contribution in [0.15, 0.2) is 18.3 Å². The molecule has 2 aromatic heterocycles. The van der Waals surface area contributed by atoms with Crippen LogP contribution in [0.5, 0.6) is 0 Å². The van der Waals surface area contributed by atoms with Crippen molar-refractivity contribution in [1.82, 2.24) is 25.3 Å². The monoisotopic (exact) mass is 362 g/mol. The Morgan fingerprint density at radius 2 is 2.27 bits per heavy atom. The molecule has 3 rings (SSSR count). The fourth-order valence-electron chi connectivity index (χ4n) is 2.66. The van der Waals surface area contributed by atoms with E-state index >= 15 is 0 Å². The lowest BCUT2D eigenvalue weighted by atomic mass is 10.1. The van der Waals surface area contributed by atoms with Gasteiger partial charge in [-0.1, -0.05) is 0 Å². The summed E-state index contributed by atoms with van der Waals surface area (Å²) in [5.74, 6) is 0.0821. The maximum atomic E-state index is 12.2. The molecule has 3 heterocycles. The lowest BCUT2D eigenvalue weighted by molar-refractivity contribution is 0.0682. The van der Waals surface area contributed by atoms with E-state index in [1.165, 1.54) is 4.68 Å². The molecule has 10 nitrogen and oxygen atoms in total. The molecule has 0 aromatic carbocycles. The number of carbonyl (C=O) groups excluding carboxylic acids is 2. The quantitative estimate of drug-likeness (QED) is 0.738. The number of nitrogens with zero attached hydrogens (tertiary/aromatic N) is 3. The van der Waals surface area contributed by atoms with E-state index in [0.29, 0.717) is 30.2 Å². The van der Waals surface area contributed by atoms with Gasteiger partial charge >= 0.3 is 6.09 Å². The molecule has 2 aromatic rings. The van der Waals surface area contributed by atoms with E-state index in [-0.39, 0.29) is 24.2 Å². The van der Waals surface area contributed by atoms with Gasteiger partial charge < -0.3 is 20.1 Å². The van der Waals surface area contributed by atoms with Crippen molar-refractivity contribution in [2.45, 2.75) is 38.5 Å². The van der Waals surface area contributed by atoms with Crippen LogP contribution in [0.3, 0.4) is 0 Å². The smallest absolute Gasteiger partial charge is 0.407 e. The largest absolute Gasteiger partial charge is 0.444 e. The lowest BCUT2D eigenvalue weighted by Gasteiger charge is -2.13. The Morgan fingerprint density at radius 3 is 2.96 bits per heavy atom. The average Bonchev–Trinajstić information content (AvgIpc) is 3.27. The second-order valence-electron chi connectivity index (χ2n) is 6.39. The van der Waals surface area contributed by atoms with Crippen LogP contribution in [0.25, 0.3) is 0 Å². The minimum absolute atomic E-state index is 0.0128. The van der Waals surface area contributed by atoms with Crippen molar-refractivity contribution in [3.63, 3.8) is 0 Å². The molecule has 10 heteroatoms. The summed E-state index contributed by atoms with van der Waals surface area (Å²) in [4.78, 5) is 23.8. The third-order valence-corrected chi connectivity index (χ3v) is 3.88. The fourth-order valence-corrected chi connectivity index (χ4v) is 2.66. The third-order valence-electron chi connectivity index (χ3n) is 3.88. The van der Waals surface area contributed by atoms with E-state index in [2.05, 4.69) is 25.9 Å². The molecule has 0 aliphatic carbocycles. The van der Waals surface area contributed by atoms with Gasteiger partial charge in [0.2, 0.25) is 0 Å². The van der Waals surface area contributed by atoms with Gasteiger partial charge in [0, 0.05) is 31.8 Å². The van der Waals surface area contributed by atoms with Gasteiger partial charge in [-0.2, -0.15) is 10.2 Å². The van der Waals surface area contributed by atoms with Crippen molar-refractivity contribution in [3.05, 3.63) is 29.7 Å². The van der Waals surface area contributed by atoms with Crippen LogP contribution in [-0.4, -0.2) is 50.7 Å². The van der Waals surface area contributed by atoms with Crippen molar-refractivity contribution >= 4 is 17.8 Å². The van der Waals surface area contributed by atoms with Crippen LogP contribution < -0.4 is 10.6 Å². The molecule has 0 unspecified atom stereocenters. The highest BCUT2D eigenvalue weighted by Crippen LogP contribution is 2.30. The number of hydrogen-bond acceptors (Lipinski definition) is 6. The van der Waals surface area contributed by atoms with Crippen molar-refractivity contribution in [1.29, 1.82) is 0 Å². The highest BCUT2D eigenvalue weighted by molar-refractivity contribution is 6.02. The Balaban J connectivity index is 1.54. The van der Waals surface area contributed by atoms with Gasteiger partial charge in [0.05, 0.1) is 12.3 Å². The first kappa shape index (κ1) is 17.9. The predicted molar refractivity (Wildman–Crippen MR) is 91.6 cm³/mol. The summed E-state index contributed by atoms with van der Waals surface area (Å²) < 4.78 is 12.5. The molecule has 2 atom stereocenters. The molecule has 0 saturated carbocycles. The van der Waals surface area contributed by atoms with Gasteiger partial charge in [0.15, 0.2) is 5.82 Å². The summed E-state index contributed by atoms with van der Waals surface area (Å²) >= 11 is 0. The van der Waals surface area contributed by atoms with Crippen LogP contribution >= 0.6 is 0 Å². The van der Waals surface area contributed by atoms with E-state index < -0.39 is 6.09 Å². The van der Waals surface area contributed by atoms with E-state index in [0.717, 1.165) is 0 Å². The minimum atomic E-state index is -0.456. The van der Waals surface area contributed by atoms with E-state index in [1.54, 1.807) is 25.4 Å². The number of anilines is 1. The number of alkyl carbamates (subject to hydrolysis) is 1. The number of nitrogens with one attached hydrogen (secondary N) is 3. The first-order valence-electron chi connectivity index (χ1n) is 8.35. The topological polar surface area (TPSA) is 123 Å². The van der Waals surface area contributed by atoms with Crippen LogP contribution in [0, 0.1) is 0 Å². The van der Waals surface area contributed by atoms with Crippen molar-refractivity contribution in [2.75, 3.05) is 11.9 Å². The molecule has 1 aliphatic rings. The summed E-state index contributed by atoms with van der Waals surface area (Å²) in [7, 11) is 1.69. The zero-order chi connectivity index (χ0) is 18.7. The first-order chi connectivity index (χ1) is 12.4. The molecule has 26 heavy (non-hydrogen) atoms. The lowest BCUT2D eigenvalue weighted by Crippen LogP contribution is -2.33. The SMILES string of the molecule is CC(C)NC(=O)O[C@@H]1CO[C@H](c2cc(NC(=O)c3ccnn3C)n[nH]2)C1. The number of hydrogen-bond donors (Lipinski definition) is 3. The number of aromatic amines is 1. The van der Waals surface area contributed by atoms with Gasteiger partial charge in [-0.3, -0.25) is 14.6 Å². The second kappa shape index (κ2) is 7.56. The zero-order valence-electron chi connectivity index (χ0n) is 14.9. The molecule has 1 fully saturated rings.